The lowest BCUT2D eigenvalue weighted by molar-refractivity contribution is -0.121. The van der Waals surface area contributed by atoms with Crippen LogP contribution in [0.1, 0.15) is 28.7 Å². The number of rotatable bonds is 9. The van der Waals surface area contributed by atoms with Crippen molar-refractivity contribution < 1.29 is 14.3 Å². The summed E-state index contributed by atoms with van der Waals surface area (Å²) in [6.45, 7) is 5.62. The smallest absolute Gasteiger partial charge is 0.322 e. The molecule has 2 N–H and O–H groups in total. The van der Waals surface area contributed by atoms with Gasteiger partial charge in [0, 0.05) is 44.5 Å². The Morgan fingerprint density at radius 1 is 0.816 bits per heavy atom. The molecule has 2 aliphatic rings. The van der Waals surface area contributed by atoms with Crippen LogP contribution < -0.4 is 10.6 Å². The van der Waals surface area contributed by atoms with Gasteiger partial charge in [0.05, 0.1) is 19.6 Å². The van der Waals surface area contributed by atoms with E-state index in [-0.39, 0.29) is 18.0 Å². The number of benzene rings is 3. The number of nitrogens with one attached hydrogen (secondary N) is 2. The summed E-state index contributed by atoms with van der Waals surface area (Å²) in [6, 6.07) is 26.0. The summed E-state index contributed by atoms with van der Waals surface area (Å²) >= 11 is 0. The van der Waals surface area contributed by atoms with Crippen LogP contribution in [0.2, 0.25) is 0 Å². The molecule has 1 saturated heterocycles. The van der Waals surface area contributed by atoms with Crippen LogP contribution in [0.4, 0.5) is 10.5 Å². The SMILES string of the molecule is O=C(Cc1ccc(NC(=O)N2Cc3ccccc3C2)cc1)NC(CCN1CCOCC1)Cc1ccccc1. The zero-order valence-electron chi connectivity index (χ0n) is 21.8. The summed E-state index contributed by atoms with van der Waals surface area (Å²) in [5.74, 6) is 0.0134. The van der Waals surface area contributed by atoms with Crippen LogP contribution in [0, 0.1) is 0 Å². The molecule has 1 unspecified atom stereocenters. The lowest BCUT2D eigenvalue weighted by Gasteiger charge is -2.28. The summed E-state index contributed by atoms with van der Waals surface area (Å²) in [5.41, 5.74) is 5.25. The maximum atomic E-state index is 13.0. The zero-order chi connectivity index (χ0) is 26.2. The first-order valence-electron chi connectivity index (χ1n) is 13.5. The Balaban J connectivity index is 1.13. The third kappa shape index (κ3) is 7.21. The Morgan fingerprint density at radius 2 is 1.47 bits per heavy atom. The molecule has 1 atom stereocenters. The Morgan fingerprint density at radius 3 is 2.16 bits per heavy atom. The Labute approximate surface area is 224 Å². The van der Waals surface area contributed by atoms with E-state index in [0.29, 0.717) is 19.5 Å². The maximum Gasteiger partial charge on any atom is 0.322 e. The van der Waals surface area contributed by atoms with Crippen LogP contribution in [0.5, 0.6) is 0 Å². The molecule has 0 aromatic heterocycles. The largest absolute Gasteiger partial charge is 0.379 e. The predicted octanol–water partition coefficient (Wildman–Crippen LogP) is 4.23. The van der Waals surface area contributed by atoms with Crippen LogP contribution in [-0.2, 0) is 35.5 Å². The average molecular weight is 513 g/mol. The lowest BCUT2D eigenvalue weighted by Crippen LogP contribution is -2.42. The minimum Gasteiger partial charge on any atom is -0.379 e. The first-order chi connectivity index (χ1) is 18.6. The molecular weight excluding hydrogens is 476 g/mol. The fourth-order valence-electron chi connectivity index (χ4n) is 5.14. The molecule has 5 rings (SSSR count). The van der Waals surface area contributed by atoms with Crippen molar-refractivity contribution in [1.82, 2.24) is 15.1 Å². The van der Waals surface area contributed by atoms with Gasteiger partial charge in [-0.1, -0.05) is 66.7 Å². The van der Waals surface area contributed by atoms with Gasteiger partial charge in [-0.05, 0) is 47.2 Å². The number of fused-ring (bicyclic) bond motifs is 1. The van der Waals surface area contributed by atoms with Crippen molar-refractivity contribution in [2.24, 2.45) is 0 Å². The van der Waals surface area contributed by atoms with E-state index in [9.17, 15) is 9.59 Å². The first kappa shape index (κ1) is 25.9. The number of carbonyl (C=O) groups excluding carboxylic acids is 2. The standard InChI is InChI=1S/C31H36N4O3/c36-30(32-29(20-24-6-2-1-3-7-24)14-15-34-16-18-38-19-17-34)21-25-10-12-28(13-11-25)33-31(37)35-22-26-8-4-5-9-27(26)23-35/h1-13,29H,14-23H2,(H,32,36)(H,33,37). The van der Waals surface area contributed by atoms with Gasteiger partial charge in [-0.3, -0.25) is 9.69 Å². The van der Waals surface area contributed by atoms with Crippen LogP contribution in [-0.4, -0.2) is 60.6 Å². The molecule has 2 heterocycles. The Kier molecular flexibility index (Phi) is 8.68. The van der Waals surface area contributed by atoms with E-state index < -0.39 is 0 Å². The highest BCUT2D eigenvalue weighted by atomic mass is 16.5. The van der Waals surface area contributed by atoms with E-state index in [1.165, 1.54) is 16.7 Å². The summed E-state index contributed by atoms with van der Waals surface area (Å²) in [4.78, 5) is 29.9. The van der Waals surface area contributed by atoms with Gasteiger partial charge < -0.3 is 20.3 Å². The molecule has 7 nitrogen and oxygen atoms in total. The van der Waals surface area contributed by atoms with Gasteiger partial charge in [0.2, 0.25) is 5.91 Å². The number of nitrogens with zero attached hydrogens (tertiary/aromatic N) is 2. The first-order valence-corrected chi connectivity index (χ1v) is 13.5. The van der Waals surface area contributed by atoms with E-state index in [2.05, 4.69) is 39.8 Å². The second-order valence-corrected chi connectivity index (χ2v) is 10.1. The van der Waals surface area contributed by atoms with Crippen molar-refractivity contribution in [3.8, 4) is 0 Å². The Bertz CT molecular complexity index is 1180. The molecule has 7 heteroatoms. The minimum atomic E-state index is -0.115. The van der Waals surface area contributed by atoms with Gasteiger partial charge in [0.25, 0.3) is 0 Å². The lowest BCUT2D eigenvalue weighted by atomic mass is 10.0. The van der Waals surface area contributed by atoms with Crippen molar-refractivity contribution in [3.63, 3.8) is 0 Å². The number of ether oxygens (including phenoxy) is 1. The minimum absolute atomic E-state index is 0.0134. The summed E-state index contributed by atoms with van der Waals surface area (Å²) in [5, 5.41) is 6.25. The van der Waals surface area contributed by atoms with Gasteiger partial charge in [-0.2, -0.15) is 0 Å². The molecule has 198 valence electrons. The molecule has 0 radical (unpaired) electrons. The van der Waals surface area contributed by atoms with Crippen molar-refractivity contribution in [3.05, 3.63) is 101 Å². The van der Waals surface area contributed by atoms with E-state index in [1.54, 1.807) is 4.90 Å². The Hall–Kier alpha value is -3.68. The van der Waals surface area contributed by atoms with Crippen LogP contribution >= 0.6 is 0 Å². The highest BCUT2D eigenvalue weighted by molar-refractivity contribution is 5.89. The summed E-state index contributed by atoms with van der Waals surface area (Å²) in [7, 11) is 0. The normalized spacial score (nSPS) is 16.1. The molecule has 3 amide bonds. The second kappa shape index (κ2) is 12.7. The number of urea groups is 1. The fraction of sp³-hybridized carbons (Fsp3) is 0.355. The number of hydrogen-bond donors (Lipinski definition) is 2. The van der Waals surface area contributed by atoms with Gasteiger partial charge in [-0.25, -0.2) is 4.79 Å². The molecule has 0 aliphatic carbocycles. The molecule has 0 bridgehead atoms. The fourth-order valence-corrected chi connectivity index (χ4v) is 5.14. The monoisotopic (exact) mass is 512 g/mol. The highest BCUT2D eigenvalue weighted by Crippen LogP contribution is 2.23. The van der Waals surface area contributed by atoms with Gasteiger partial charge in [-0.15, -0.1) is 0 Å². The summed E-state index contributed by atoms with van der Waals surface area (Å²) in [6.07, 6.45) is 2.01. The summed E-state index contributed by atoms with van der Waals surface area (Å²) < 4.78 is 5.46. The molecule has 38 heavy (non-hydrogen) atoms. The number of anilines is 1. The quantitative estimate of drug-likeness (QED) is 0.450. The van der Waals surface area contributed by atoms with Crippen molar-refractivity contribution in [2.75, 3.05) is 38.2 Å². The van der Waals surface area contributed by atoms with E-state index in [1.807, 2.05) is 54.6 Å². The van der Waals surface area contributed by atoms with E-state index in [4.69, 9.17) is 4.74 Å². The van der Waals surface area contributed by atoms with Gasteiger partial charge >= 0.3 is 6.03 Å². The number of carbonyl (C=O) groups is 2. The molecule has 3 aromatic carbocycles. The molecule has 2 aliphatic heterocycles. The zero-order valence-corrected chi connectivity index (χ0v) is 21.8. The van der Waals surface area contributed by atoms with Crippen molar-refractivity contribution in [2.45, 2.75) is 38.4 Å². The van der Waals surface area contributed by atoms with Crippen LogP contribution in [0.3, 0.4) is 0 Å². The second-order valence-electron chi connectivity index (χ2n) is 10.1. The van der Waals surface area contributed by atoms with Crippen molar-refractivity contribution in [1.29, 1.82) is 0 Å². The third-order valence-corrected chi connectivity index (χ3v) is 7.29. The van der Waals surface area contributed by atoms with E-state index >= 15 is 0 Å². The van der Waals surface area contributed by atoms with Crippen LogP contribution in [0.15, 0.2) is 78.9 Å². The number of morpholine rings is 1. The topological polar surface area (TPSA) is 73.9 Å². The number of hydrogen-bond acceptors (Lipinski definition) is 4. The molecule has 1 fully saturated rings. The average Bonchev–Trinajstić information content (AvgIpc) is 3.39. The third-order valence-electron chi connectivity index (χ3n) is 7.29. The predicted molar refractivity (Wildman–Crippen MR) is 149 cm³/mol. The highest BCUT2D eigenvalue weighted by Gasteiger charge is 2.23. The molecule has 3 aromatic rings. The van der Waals surface area contributed by atoms with E-state index in [0.717, 1.165) is 56.9 Å². The van der Waals surface area contributed by atoms with Gasteiger partial charge in [0.15, 0.2) is 0 Å². The number of amides is 3. The van der Waals surface area contributed by atoms with Gasteiger partial charge in [0.1, 0.15) is 0 Å². The molecule has 0 saturated carbocycles. The maximum absolute atomic E-state index is 13.0. The molecular formula is C31H36N4O3. The molecule has 0 spiro atoms. The van der Waals surface area contributed by atoms with Crippen LogP contribution in [0.25, 0.3) is 0 Å². The van der Waals surface area contributed by atoms with Crippen molar-refractivity contribution >= 4 is 17.6 Å².